The molecule has 15 nitrogen and oxygen atoms in total. The molecule has 1 saturated carbocycles. The van der Waals surface area contributed by atoms with E-state index in [1.165, 1.54) is 49.1 Å². The van der Waals surface area contributed by atoms with E-state index < -0.39 is 61.4 Å². The number of carbonyl (C=O) groups is 2. The van der Waals surface area contributed by atoms with Crippen molar-refractivity contribution in [3.63, 3.8) is 0 Å². The molecule has 378 valence electrons. The topological polar surface area (TPSA) is 223 Å². The number of nitrogens with one attached hydrogen (secondary N) is 3. The largest absolute Gasteiger partial charge is 0.469 e. The Kier molecular flexibility index (Phi) is 15.5. The lowest BCUT2D eigenvalue weighted by Crippen LogP contribution is -2.56. The zero-order valence-corrected chi connectivity index (χ0v) is 42.6. The van der Waals surface area contributed by atoms with Crippen molar-refractivity contribution < 1.29 is 46.1 Å². The SMILES string of the molecule is CCc1ccc(S(=O)(=O)N[C@@H]2c3cc(C(=O)NCCc4ccccc4)cnc3OC(C)(Cc3cc(S(=O)(=O)N[C@@H]4c5cc(C(=O)CCC6CCCCC6)cnc5OC(C)(C)[C@H]4O)ccc3CC)[C@H]2O)cc1. The number of hydrogen-bond acceptors (Lipinski definition) is 12. The summed E-state index contributed by atoms with van der Waals surface area (Å²) in [7, 11) is -8.74. The highest BCUT2D eigenvalue weighted by molar-refractivity contribution is 7.89. The Labute approximate surface area is 417 Å². The number of carbonyl (C=O) groups excluding carboxylic acids is 2. The maximum atomic E-state index is 14.6. The summed E-state index contributed by atoms with van der Waals surface area (Å²) in [5, 5.41) is 27.0. The van der Waals surface area contributed by atoms with Crippen LogP contribution in [0.2, 0.25) is 0 Å². The Bertz CT molecular complexity index is 2960. The minimum Gasteiger partial charge on any atom is -0.469 e. The fourth-order valence-corrected chi connectivity index (χ4v) is 12.5. The first kappa shape index (κ1) is 51.8. The molecule has 0 saturated heterocycles. The van der Waals surface area contributed by atoms with Crippen molar-refractivity contribution in [2.24, 2.45) is 5.92 Å². The molecule has 1 amide bonds. The summed E-state index contributed by atoms with van der Waals surface area (Å²) in [5.41, 5.74) is 1.08. The van der Waals surface area contributed by atoms with Gasteiger partial charge in [0.2, 0.25) is 31.8 Å². The molecule has 17 heteroatoms. The summed E-state index contributed by atoms with van der Waals surface area (Å²) in [6.07, 6.45) is 8.22. The van der Waals surface area contributed by atoms with Gasteiger partial charge in [-0.1, -0.05) is 94.5 Å². The van der Waals surface area contributed by atoms with Gasteiger partial charge in [-0.15, -0.1) is 0 Å². The Morgan fingerprint density at radius 1 is 0.690 bits per heavy atom. The molecular formula is C54H65N5O10S2. The Balaban J connectivity index is 1.08. The predicted octanol–water partition coefficient (Wildman–Crippen LogP) is 7.44. The van der Waals surface area contributed by atoms with Gasteiger partial charge in [0.25, 0.3) is 5.91 Å². The van der Waals surface area contributed by atoms with Crippen LogP contribution in [-0.4, -0.2) is 78.7 Å². The van der Waals surface area contributed by atoms with E-state index in [2.05, 4.69) is 24.7 Å². The molecule has 2 aliphatic heterocycles. The zero-order valence-electron chi connectivity index (χ0n) is 41.0. The molecule has 5 atom stereocenters. The third kappa shape index (κ3) is 11.6. The van der Waals surface area contributed by atoms with Crippen LogP contribution in [0, 0.1) is 5.92 Å². The fourth-order valence-electron chi connectivity index (χ4n) is 9.97. The van der Waals surface area contributed by atoms with E-state index >= 15 is 0 Å². The number of ketones is 1. The number of aliphatic hydroxyl groups excluding tert-OH is 2. The van der Waals surface area contributed by atoms with Crippen molar-refractivity contribution in [2.75, 3.05) is 6.54 Å². The number of pyridine rings is 2. The second-order valence-electron chi connectivity index (χ2n) is 19.9. The van der Waals surface area contributed by atoms with Crippen LogP contribution in [0.25, 0.3) is 0 Å². The standard InChI is InChI=1S/C54H65N5O10S2/c1-6-34-18-22-41(23-19-34)70(64,65)59-47-44-30-40(50(63)55-27-26-36-16-12-9-13-17-36)33-57-52(44)69-54(5,49(47)62)31-38-28-42(24-21-37(38)7-2)71(66,67)58-46-43-29-39(32-56-51(43)68-53(3,4)48(46)61)45(60)25-20-35-14-10-8-11-15-35/h9,12-13,16-19,21-24,28-30,32-33,35,46-49,58-59,61-62H,6-8,10-11,14-15,20,25-27,31H2,1-5H3,(H,55,63)/t46-,47-,48+,49+,54?/m1/s1. The molecule has 2 aromatic heterocycles. The molecule has 8 rings (SSSR count). The Morgan fingerprint density at radius 3 is 1.96 bits per heavy atom. The van der Waals surface area contributed by atoms with Crippen LogP contribution in [-0.2, 0) is 45.7 Å². The van der Waals surface area contributed by atoms with Gasteiger partial charge >= 0.3 is 0 Å². The number of rotatable bonds is 18. The molecule has 1 aliphatic carbocycles. The van der Waals surface area contributed by atoms with Crippen LogP contribution in [0.3, 0.4) is 0 Å². The van der Waals surface area contributed by atoms with Gasteiger partial charge in [0.05, 0.1) is 27.4 Å². The zero-order chi connectivity index (χ0) is 50.7. The lowest BCUT2D eigenvalue weighted by molar-refractivity contribution is -0.0749. The number of amides is 1. The number of fused-ring (bicyclic) bond motifs is 2. The maximum absolute atomic E-state index is 14.6. The number of aryl methyl sites for hydroxylation is 2. The molecule has 5 aromatic rings. The van der Waals surface area contributed by atoms with E-state index in [1.807, 2.05) is 44.2 Å². The smallest absolute Gasteiger partial charge is 0.252 e. The molecule has 0 spiro atoms. The van der Waals surface area contributed by atoms with Crippen molar-refractivity contribution in [3.8, 4) is 11.8 Å². The summed E-state index contributed by atoms with van der Waals surface area (Å²) in [6.45, 7) is 9.03. The third-order valence-corrected chi connectivity index (χ3v) is 17.2. The molecule has 3 aliphatic rings. The van der Waals surface area contributed by atoms with E-state index in [9.17, 15) is 36.6 Å². The Morgan fingerprint density at radius 2 is 1.30 bits per heavy atom. The quantitative estimate of drug-likeness (QED) is 0.0541. The number of benzene rings is 3. The van der Waals surface area contributed by atoms with E-state index in [1.54, 1.807) is 45.0 Å². The van der Waals surface area contributed by atoms with Crippen molar-refractivity contribution in [1.82, 2.24) is 24.7 Å². The van der Waals surface area contributed by atoms with E-state index in [-0.39, 0.29) is 50.4 Å². The van der Waals surface area contributed by atoms with Crippen LogP contribution < -0.4 is 24.2 Å². The van der Waals surface area contributed by atoms with Crippen molar-refractivity contribution in [1.29, 1.82) is 0 Å². The monoisotopic (exact) mass is 1010 g/mol. The van der Waals surface area contributed by atoms with E-state index in [0.717, 1.165) is 48.8 Å². The average molecular weight is 1010 g/mol. The number of Topliss-reactive ketones (excluding diaryl/α,β-unsaturated/α-hetero) is 1. The van der Waals surface area contributed by atoms with Crippen LogP contribution in [0.5, 0.6) is 11.8 Å². The van der Waals surface area contributed by atoms with Crippen molar-refractivity contribution in [3.05, 3.63) is 142 Å². The predicted molar refractivity (Wildman–Crippen MR) is 268 cm³/mol. The molecule has 4 heterocycles. The number of ether oxygens (including phenoxy) is 2. The lowest BCUT2D eigenvalue weighted by Gasteiger charge is -2.44. The molecule has 3 aromatic carbocycles. The molecular weight excluding hydrogens is 943 g/mol. The summed E-state index contributed by atoms with van der Waals surface area (Å²) in [6, 6.07) is 21.1. The first-order chi connectivity index (χ1) is 33.8. The first-order valence-electron chi connectivity index (χ1n) is 24.7. The molecule has 0 radical (unpaired) electrons. The van der Waals surface area contributed by atoms with Gasteiger partial charge in [0.15, 0.2) is 5.78 Å². The molecule has 1 fully saturated rings. The van der Waals surface area contributed by atoms with Gasteiger partial charge in [0.1, 0.15) is 23.4 Å². The van der Waals surface area contributed by atoms with Gasteiger partial charge < -0.3 is 25.0 Å². The third-order valence-electron chi connectivity index (χ3n) is 14.3. The van der Waals surface area contributed by atoms with Crippen LogP contribution >= 0.6 is 0 Å². The van der Waals surface area contributed by atoms with Crippen molar-refractivity contribution >= 4 is 31.7 Å². The minimum atomic E-state index is -4.44. The normalized spacial score (nSPS) is 22.1. The highest BCUT2D eigenvalue weighted by atomic mass is 32.2. The van der Waals surface area contributed by atoms with E-state index in [4.69, 9.17) is 9.47 Å². The molecule has 0 bridgehead atoms. The number of sulfonamides is 2. The summed E-state index contributed by atoms with van der Waals surface area (Å²) in [5.74, 6) is -0.00601. The van der Waals surface area contributed by atoms with E-state index in [0.29, 0.717) is 49.3 Å². The number of aliphatic hydroxyl groups is 2. The van der Waals surface area contributed by atoms with Crippen molar-refractivity contribution in [2.45, 2.75) is 151 Å². The number of hydrogen-bond donors (Lipinski definition) is 5. The van der Waals surface area contributed by atoms with Crippen LogP contribution in [0.4, 0.5) is 0 Å². The number of aromatic nitrogens is 2. The molecule has 5 N–H and O–H groups in total. The Hall–Kier alpha value is -5.56. The second-order valence-corrected chi connectivity index (χ2v) is 23.3. The summed E-state index contributed by atoms with van der Waals surface area (Å²) >= 11 is 0. The van der Waals surface area contributed by atoms with Gasteiger partial charge in [-0.05, 0) is 111 Å². The fraction of sp³-hybridized carbons (Fsp3) is 0.444. The second kappa shape index (κ2) is 21.3. The van der Waals surface area contributed by atoms with Crippen LogP contribution in [0.15, 0.2) is 107 Å². The van der Waals surface area contributed by atoms with Gasteiger partial charge in [-0.2, -0.15) is 0 Å². The lowest BCUT2D eigenvalue weighted by atomic mass is 9.81. The van der Waals surface area contributed by atoms with Gasteiger partial charge in [-0.25, -0.2) is 36.2 Å². The van der Waals surface area contributed by atoms with Gasteiger partial charge in [0, 0.05) is 48.5 Å². The maximum Gasteiger partial charge on any atom is 0.252 e. The summed E-state index contributed by atoms with van der Waals surface area (Å²) in [4.78, 5) is 35.8. The summed E-state index contributed by atoms with van der Waals surface area (Å²) < 4.78 is 75.4. The minimum absolute atomic E-state index is 0.0219. The highest BCUT2D eigenvalue weighted by Crippen LogP contribution is 2.43. The average Bonchev–Trinajstić information content (AvgIpc) is 3.36. The molecule has 1 unspecified atom stereocenters. The molecule has 71 heavy (non-hydrogen) atoms. The first-order valence-corrected chi connectivity index (χ1v) is 27.6. The number of nitrogens with zero attached hydrogens (tertiary/aromatic N) is 2. The van der Waals surface area contributed by atoms with Gasteiger partial charge in [-0.3, -0.25) is 9.59 Å². The van der Waals surface area contributed by atoms with Crippen LogP contribution in [0.1, 0.15) is 146 Å². The highest BCUT2D eigenvalue weighted by Gasteiger charge is 2.50.